The molecule has 0 aliphatic carbocycles. The zero-order valence-corrected chi connectivity index (χ0v) is 8.17. The van der Waals surface area contributed by atoms with Crippen molar-refractivity contribution in [2.45, 2.75) is 4.90 Å². The third-order valence-corrected chi connectivity index (χ3v) is 2.85. The van der Waals surface area contributed by atoms with Crippen LogP contribution in [0, 0.1) is 11.3 Å². The number of hydrogen-bond donors (Lipinski definition) is 2. The Morgan fingerprint density at radius 3 is 2.29 bits per heavy atom. The van der Waals surface area contributed by atoms with Crippen molar-refractivity contribution in [1.29, 1.82) is 5.26 Å². The number of hydrogen-bond acceptors (Lipinski definition) is 5. The molecule has 0 spiro atoms. The average molecular weight is 234 g/mol. The molecule has 0 atom stereocenters. The fourth-order valence-corrected chi connectivity index (χ4v) is 1.78. The summed E-state index contributed by atoms with van der Waals surface area (Å²) in [6, 6.07) is 3.55. The highest BCUT2D eigenvalue weighted by Gasteiger charge is 2.20. The Hall–Kier alpha value is -1.45. The Morgan fingerprint density at radius 2 is 1.86 bits per heavy atom. The Kier molecular flexibility index (Phi) is 2.55. The van der Waals surface area contributed by atoms with Crippen LogP contribution in [0.4, 0.5) is 0 Å². The second-order valence-electron chi connectivity index (χ2n) is 2.36. The van der Waals surface area contributed by atoms with Crippen LogP contribution in [0.2, 0.25) is 0 Å². The number of aromatic hydroxyl groups is 2. The van der Waals surface area contributed by atoms with E-state index in [0.717, 1.165) is 12.1 Å². The number of nitriles is 1. The standard InChI is InChI=1S/C7H4ClNO4S/c8-14(12,13)5-2-1-4(3-9)6(10)7(5)11/h1-2,10-11H. The summed E-state index contributed by atoms with van der Waals surface area (Å²) in [7, 11) is 0.821. The van der Waals surface area contributed by atoms with Gasteiger partial charge in [-0.1, -0.05) is 0 Å². The van der Waals surface area contributed by atoms with Crippen molar-refractivity contribution in [3.05, 3.63) is 17.7 Å². The van der Waals surface area contributed by atoms with E-state index in [2.05, 4.69) is 0 Å². The third kappa shape index (κ3) is 1.73. The molecule has 1 aromatic carbocycles. The molecule has 14 heavy (non-hydrogen) atoms. The molecule has 0 saturated heterocycles. The van der Waals surface area contributed by atoms with Crippen LogP contribution >= 0.6 is 10.7 Å². The third-order valence-electron chi connectivity index (χ3n) is 1.50. The zero-order valence-electron chi connectivity index (χ0n) is 6.60. The van der Waals surface area contributed by atoms with Gasteiger partial charge in [0.25, 0.3) is 9.05 Å². The van der Waals surface area contributed by atoms with Crippen LogP contribution in [0.25, 0.3) is 0 Å². The van der Waals surface area contributed by atoms with E-state index < -0.39 is 25.4 Å². The molecule has 0 aliphatic rings. The molecule has 0 saturated carbocycles. The minimum Gasteiger partial charge on any atom is -0.503 e. The SMILES string of the molecule is N#Cc1ccc(S(=O)(=O)Cl)c(O)c1O. The van der Waals surface area contributed by atoms with E-state index in [1.165, 1.54) is 0 Å². The second kappa shape index (κ2) is 3.36. The van der Waals surface area contributed by atoms with E-state index in [9.17, 15) is 13.5 Å². The summed E-state index contributed by atoms with van der Waals surface area (Å²) in [5, 5.41) is 26.8. The molecule has 1 rings (SSSR count). The fraction of sp³-hybridized carbons (Fsp3) is 0. The highest BCUT2D eigenvalue weighted by molar-refractivity contribution is 8.13. The monoisotopic (exact) mass is 233 g/mol. The van der Waals surface area contributed by atoms with Crippen molar-refractivity contribution < 1.29 is 18.6 Å². The summed E-state index contributed by atoms with van der Waals surface area (Å²) in [6.07, 6.45) is 0. The summed E-state index contributed by atoms with van der Waals surface area (Å²) in [5.74, 6) is -1.71. The maximum atomic E-state index is 10.8. The van der Waals surface area contributed by atoms with Gasteiger partial charge in [0.05, 0.1) is 5.56 Å². The largest absolute Gasteiger partial charge is 0.503 e. The van der Waals surface area contributed by atoms with Gasteiger partial charge in [-0.05, 0) is 12.1 Å². The molecule has 0 aromatic heterocycles. The van der Waals surface area contributed by atoms with E-state index in [0.29, 0.717) is 0 Å². The van der Waals surface area contributed by atoms with Crippen molar-refractivity contribution in [1.82, 2.24) is 0 Å². The van der Waals surface area contributed by atoms with Crippen molar-refractivity contribution in [3.63, 3.8) is 0 Å². The molecular weight excluding hydrogens is 230 g/mol. The van der Waals surface area contributed by atoms with Gasteiger partial charge in [-0.15, -0.1) is 0 Å². The van der Waals surface area contributed by atoms with E-state index in [1.54, 1.807) is 6.07 Å². The lowest BCUT2D eigenvalue weighted by Crippen LogP contribution is -1.92. The molecule has 74 valence electrons. The van der Waals surface area contributed by atoms with Crippen molar-refractivity contribution in [2.75, 3.05) is 0 Å². The molecule has 0 unspecified atom stereocenters. The number of rotatable bonds is 1. The quantitative estimate of drug-likeness (QED) is 0.555. The first-order valence-electron chi connectivity index (χ1n) is 3.27. The molecule has 0 amide bonds. The normalized spacial score (nSPS) is 10.9. The van der Waals surface area contributed by atoms with Crippen LogP contribution in [0.1, 0.15) is 5.56 Å². The van der Waals surface area contributed by atoms with E-state index in [-0.39, 0.29) is 5.56 Å². The number of phenols is 2. The highest BCUT2D eigenvalue weighted by Crippen LogP contribution is 2.36. The van der Waals surface area contributed by atoms with Gasteiger partial charge in [0.15, 0.2) is 11.5 Å². The molecule has 0 heterocycles. The molecule has 7 heteroatoms. The van der Waals surface area contributed by atoms with Crippen molar-refractivity contribution in [2.24, 2.45) is 0 Å². The smallest absolute Gasteiger partial charge is 0.265 e. The summed E-state index contributed by atoms with van der Waals surface area (Å²) >= 11 is 0. The number of halogens is 1. The predicted octanol–water partition coefficient (Wildman–Crippen LogP) is 0.897. The van der Waals surface area contributed by atoms with Gasteiger partial charge in [0, 0.05) is 10.7 Å². The van der Waals surface area contributed by atoms with Gasteiger partial charge in [0.2, 0.25) is 0 Å². The van der Waals surface area contributed by atoms with Gasteiger partial charge in [-0.2, -0.15) is 5.26 Å². The van der Waals surface area contributed by atoms with E-state index >= 15 is 0 Å². The lowest BCUT2D eigenvalue weighted by Gasteiger charge is -2.03. The Balaban J connectivity index is 3.57. The van der Waals surface area contributed by atoms with Crippen LogP contribution in [0.15, 0.2) is 17.0 Å². The average Bonchev–Trinajstić information content (AvgIpc) is 2.07. The Bertz CT molecular complexity index is 517. The molecule has 2 N–H and O–H groups in total. The molecular formula is C7H4ClNO4S. The number of phenolic OH excluding ortho intramolecular Hbond substituents is 2. The zero-order chi connectivity index (χ0) is 10.9. The first-order chi connectivity index (χ1) is 6.38. The summed E-state index contributed by atoms with van der Waals surface area (Å²) < 4.78 is 21.6. The molecule has 0 radical (unpaired) electrons. The maximum absolute atomic E-state index is 10.8. The van der Waals surface area contributed by atoms with Crippen LogP contribution in [0.3, 0.4) is 0 Å². The van der Waals surface area contributed by atoms with E-state index in [1.807, 2.05) is 0 Å². The molecule has 0 aliphatic heterocycles. The minimum atomic E-state index is -4.13. The molecule has 0 bridgehead atoms. The topological polar surface area (TPSA) is 98.4 Å². The minimum absolute atomic E-state index is 0.230. The van der Waals surface area contributed by atoms with Gasteiger partial charge in [-0.25, -0.2) is 8.42 Å². The van der Waals surface area contributed by atoms with Crippen LogP contribution in [-0.2, 0) is 9.05 Å². The Morgan fingerprint density at radius 1 is 1.29 bits per heavy atom. The predicted molar refractivity (Wildman–Crippen MR) is 47.5 cm³/mol. The van der Waals surface area contributed by atoms with Gasteiger partial charge in [0.1, 0.15) is 11.0 Å². The van der Waals surface area contributed by atoms with Crippen molar-refractivity contribution >= 4 is 19.7 Å². The molecule has 5 nitrogen and oxygen atoms in total. The lowest BCUT2D eigenvalue weighted by atomic mass is 10.2. The van der Waals surface area contributed by atoms with Crippen LogP contribution in [-0.4, -0.2) is 18.6 Å². The lowest BCUT2D eigenvalue weighted by molar-refractivity contribution is 0.392. The second-order valence-corrected chi connectivity index (χ2v) is 4.89. The summed E-state index contributed by atoms with van der Waals surface area (Å²) in [6.45, 7) is 0. The van der Waals surface area contributed by atoms with Gasteiger partial charge in [-0.3, -0.25) is 0 Å². The number of benzene rings is 1. The maximum Gasteiger partial charge on any atom is 0.265 e. The first kappa shape index (κ1) is 10.6. The molecule has 0 fully saturated rings. The van der Waals surface area contributed by atoms with Crippen LogP contribution in [0.5, 0.6) is 11.5 Å². The van der Waals surface area contributed by atoms with E-state index in [4.69, 9.17) is 21.1 Å². The molecule has 1 aromatic rings. The fourth-order valence-electron chi connectivity index (χ4n) is 0.848. The van der Waals surface area contributed by atoms with Gasteiger partial charge < -0.3 is 10.2 Å². The first-order valence-corrected chi connectivity index (χ1v) is 5.58. The summed E-state index contributed by atoms with van der Waals surface area (Å²) in [4.78, 5) is -0.629. The highest BCUT2D eigenvalue weighted by atomic mass is 35.7. The van der Waals surface area contributed by atoms with Crippen molar-refractivity contribution in [3.8, 4) is 17.6 Å². The Labute approximate surface area is 84.2 Å². The number of nitrogens with zero attached hydrogens (tertiary/aromatic N) is 1. The van der Waals surface area contributed by atoms with Gasteiger partial charge >= 0.3 is 0 Å². The van der Waals surface area contributed by atoms with Crippen LogP contribution < -0.4 is 0 Å². The summed E-state index contributed by atoms with van der Waals surface area (Å²) in [5.41, 5.74) is -0.230.